The number of ether oxygens (including phenoxy) is 1. The second-order valence-corrected chi connectivity index (χ2v) is 7.00. The molecule has 0 aliphatic carbocycles. The molecule has 126 valence electrons. The molecule has 2 heterocycles. The Bertz CT molecular complexity index is 703. The Hall–Kier alpha value is -1.88. The Labute approximate surface area is 151 Å². The maximum atomic E-state index is 12.9. The first-order valence-electron chi connectivity index (χ1n) is 8.35. The minimum Gasteiger partial charge on any atom is -0.438 e. The summed E-state index contributed by atoms with van der Waals surface area (Å²) in [5, 5.41) is 0. The van der Waals surface area contributed by atoms with Gasteiger partial charge in [-0.25, -0.2) is 4.98 Å². The predicted molar refractivity (Wildman–Crippen MR) is 97.4 cm³/mol. The Morgan fingerprint density at radius 1 is 1.33 bits per heavy atom. The number of hydrogen-bond acceptors (Lipinski definition) is 3. The minimum absolute atomic E-state index is 0.00774. The molecule has 5 heteroatoms. The van der Waals surface area contributed by atoms with Crippen molar-refractivity contribution in [3.05, 3.63) is 52.6 Å². The number of halogens is 1. The summed E-state index contributed by atoms with van der Waals surface area (Å²) < 4.78 is 6.83. The van der Waals surface area contributed by atoms with E-state index in [9.17, 15) is 4.79 Å². The number of benzene rings is 1. The van der Waals surface area contributed by atoms with Crippen LogP contribution in [0.25, 0.3) is 0 Å². The smallest absolute Gasteiger partial charge is 0.259 e. The molecule has 1 amide bonds. The van der Waals surface area contributed by atoms with Gasteiger partial charge < -0.3 is 9.64 Å². The van der Waals surface area contributed by atoms with Gasteiger partial charge in [-0.1, -0.05) is 29.3 Å². The molecular formula is C19H21BrN2O2. The van der Waals surface area contributed by atoms with E-state index in [-0.39, 0.29) is 5.91 Å². The zero-order chi connectivity index (χ0) is 16.9. The van der Waals surface area contributed by atoms with E-state index in [2.05, 4.69) is 27.8 Å². The SMILES string of the molecule is CCC1CCCN(C(=O)c2cccnc2Oc2ccc(Br)cc2)C1. The highest BCUT2D eigenvalue weighted by atomic mass is 79.9. The number of amides is 1. The highest BCUT2D eigenvalue weighted by Gasteiger charge is 2.26. The summed E-state index contributed by atoms with van der Waals surface area (Å²) in [4.78, 5) is 19.1. The summed E-state index contributed by atoms with van der Waals surface area (Å²) in [6, 6.07) is 11.1. The van der Waals surface area contributed by atoms with Crippen LogP contribution in [0.2, 0.25) is 0 Å². The molecule has 0 N–H and O–H groups in total. The first kappa shape index (κ1) is 17.0. The van der Waals surface area contributed by atoms with Gasteiger partial charge in [0.1, 0.15) is 11.3 Å². The fraction of sp³-hybridized carbons (Fsp3) is 0.368. The first-order chi connectivity index (χ1) is 11.7. The lowest BCUT2D eigenvalue weighted by Crippen LogP contribution is -2.39. The monoisotopic (exact) mass is 388 g/mol. The highest BCUT2D eigenvalue weighted by molar-refractivity contribution is 9.10. The fourth-order valence-corrected chi connectivity index (χ4v) is 3.27. The normalized spacial score (nSPS) is 17.6. The van der Waals surface area contributed by atoms with Crippen molar-refractivity contribution in [1.82, 2.24) is 9.88 Å². The van der Waals surface area contributed by atoms with Crippen LogP contribution in [0.3, 0.4) is 0 Å². The summed E-state index contributed by atoms with van der Waals surface area (Å²) in [6.45, 7) is 3.81. The molecule has 1 fully saturated rings. The van der Waals surface area contributed by atoms with Gasteiger partial charge in [0.05, 0.1) is 0 Å². The summed E-state index contributed by atoms with van der Waals surface area (Å²) in [7, 11) is 0. The predicted octanol–water partition coefficient (Wildman–Crippen LogP) is 4.90. The molecule has 0 spiro atoms. The van der Waals surface area contributed by atoms with Crippen molar-refractivity contribution < 1.29 is 9.53 Å². The lowest BCUT2D eigenvalue weighted by atomic mass is 9.95. The molecule has 1 saturated heterocycles. The first-order valence-corrected chi connectivity index (χ1v) is 9.14. The van der Waals surface area contributed by atoms with E-state index in [1.165, 1.54) is 6.42 Å². The quantitative estimate of drug-likeness (QED) is 0.747. The molecule has 4 nitrogen and oxygen atoms in total. The van der Waals surface area contributed by atoms with E-state index in [1.807, 2.05) is 29.2 Å². The standard InChI is InChI=1S/C19H21BrN2O2/c1-2-14-5-4-12-22(13-14)19(23)17-6-3-11-21-18(17)24-16-9-7-15(20)8-10-16/h3,6-11,14H,2,4-5,12-13H2,1H3. The molecule has 1 aliphatic heterocycles. The summed E-state index contributed by atoms with van der Waals surface area (Å²) in [5.74, 6) is 1.63. The second kappa shape index (κ2) is 7.79. The second-order valence-electron chi connectivity index (χ2n) is 6.08. The number of aromatic nitrogens is 1. The molecule has 1 aromatic carbocycles. The fourth-order valence-electron chi connectivity index (χ4n) is 3.00. The maximum Gasteiger partial charge on any atom is 0.259 e. The van der Waals surface area contributed by atoms with Crippen molar-refractivity contribution in [2.75, 3.05) is 13.1 Å². The minimum atomic E-state index is 0.00774. The number of piperidine rings is 1. The van der Waals surface area contributed by atoms with E-state index < -0.39 is 0 Å². The molecule has 1 unspecified atom stereocenters. The van der Waals surface area contributed by atoms with Crippen molar-refractivity contribution >= 4 is 21.8 Å². The third kappa shape index (κ3) is 3.96. The Morgan fingerprint density at radius 2 is 2.12 bits per heavy atom. The van der Waals surface area contributed by atoms with Gasteiger partial charge in [0, 0.05) is 23.8 Å². The molecule has 3 rings (SSSR count). The molecule has 2 aromatic rings. The molecule has 1 aromatic heterocycles. The summed E-state index contributed by atoms with van der Waals surface area (Å²) in [6.07, 6.45) is 5.03. The van der Waals surface area contributed by atoms with Crippen LogP contribution in [0.1, 0.15) is 36.5 Å². The summed E-state index contributed by atoms with van der Waals surface area (Å²) >= 11 is 3.40. The van der Waals surface area contributed by atoms with Crippen LogP contribution in [-0.2, 0) is 0 Å². The van der Waals surface area contributed by atoms with Crippen molar-refractivity contribution in [3.63, 3.8) is 0 Å². The number of carbonyl (C=O) groups excluding carboxylic acids is 1. The molecule has 1 aliphatic rings. The third-order valence-electron chi connectivity index (χ3n) is 4.41. The largest absolute Gasteiger partial charge is 0.438 e. The van der Waals surface area contributed by atoms with Crippen LogP contribution in [0.5, 0.6) is 11.6 Å². The van der Waals surface area contributed by atoms with Crippen molar-refractivity contribution in [3.8, 4) is 11.6 Å². The van der Waals surface area contributed by atoms with Gasteiger partial charge in [0.15, 0.2) is 0 Å². The van der Waals surface area contributed by atoms with Crippen LogP contribution < -0.4 is 4.74 Å². The average molecular weight is 389 g/mol. The van der Waals surface area contributed by atoms with E-state index in [1.54, 1.807) is 18.3 Å². The lowest BCUT2D eigenvalue weighted by molar-refractivity contribution is 0.0668. The number of pyridine rings is 1. The van der Waals surface area contributed by atoms with Gasteiger partial charge in [-0.15, -0.1) is 0 Å². The number of nitrogens with zero attached hydrogens (tertiary/aromatic N) is 2. The molecule has 24 heavy (non-hydrogen) atoms. The zero-order valence-electron chi connectivity index (χ0n) is 13.7. The van der Waals surface area contributed by atoms with Crippen LogP contribution in [0.4, 0.5) is 0 Å². The van der Waals surface area contributed by atoms with Crippen LogP contribution >= 0.6 is 15.9 Å². The van der Waals surface area contributed by atoms with Crippen molar-refractivity contribution in [2.45, 2.75) is 26.2 Å². The van der Waals surface area contributed by atoms with E-state index in [4.69, 9.17) is 4.74 Å². The summed E-state index contributed by atoms with van der Waals surface area (Å²) in [5.41, 5.74) is 0.525. The maximum absolute atomic E-state index is 12.9. The number of likely N-dealkylation sites (tertiary alicyclic amines) is 1. The highest BCUT2D eigenvalue weighted by Crippen LogP contribution is 2.27. The van der Waals surface area contributed by atoms with Crippen molar-refractivity contribution in [1.29, 1.82) is 0 Å². The lowest BCUT2D eigenvalue weighted by Gasteiger charge is -2.32. The Morgan fingerprint density at radius 3 is 2.88 bits per heavy atom. The third-order valence-corrected chi connectivity index (χ3v) is 4.94. The van der Waals surface area contributed by atoms with Gasteiger partial charge >= 0.3 is 0 Å². The molecule has 0 bridgehead atoms. The van der Waals surface area contributed by atoms with Crippen LogP contribution in [-0.4, -0.2) is 28.9 Å². The number of hydrogen-bond donors (Lipinski definition) is 0. The Kier molecular flexibility index (Phi) is 5.51. The van der Waals surface area contributed by atoms with Gasteiger partial charge in [-0.2, -0.15) is 0 Å². The average Bonchev–Trinajstić information content (AvgIpc) is 2.63. The molecule has 0 radical (unpaired) electrons. The number of carbonyl (C=O) groups is 1. The van der Waals surface area contributed by atoms with Gasteiger partial charge in [0.25, 0.3) is 5.91 Å². The van der Waals surface area contributed by atoms with Crippen LogP contribution in [0, 0.1) is 5.92 Å². The van der Waals surface area contributed by atoms with Gasteiger partial charge in [0.2, 0.25) is 5.88 Å². The van der Waals surface area contributed by atoms with E-state index in [0.717, 1.165) is 30.4 Å². The Balaban J connectivity index is 1.80. The molecule has 1 atom stereocenters. The zero-order valence-corrected chi connectivity index (χ0v) is 15.3. The van der Waals surface area contributed by atoms with Crippen molar-refractivity contribution in [2.24, 2.45) is 5.92 Å². The molecule has 0 saturated carbocycles. The van der Waals surface area contributed by atoms with Crippen LogP contribution in [0.15, 0.2) is 47.1 Å². The molecular weight excluding hydrogens is 368 g/mol. The van der Waals surface area contributed by atoms with E-state index in [0.29, 0.717) is 23.1 Å². The van der Waals surface area contributed by atoms with E-state index >= 15 is 0 Å². The number of rotatable bonds is 4. The van der Waals surface area contributed by atoms with Gasteiger partial charge in [-0.3, -0.25) is 4.79 Å². The van der Waals surface area contributed by atoms with Gasteiger partial charge in [-0.05, 0) is 55.2 Å². The topological polar surface area (TPSA) is 42.4 Å².